The zero-order chi connectivity index (χ0) is 14.8. The van der Waals surface area contributed by atoms with Gasteiger partial charge in [0, 0.05) is 24.8 Å². The van der Waals surface area contributed by atoms with Gasteiger partial charge in [-0.3, -0.25) is 9.69 Å². The van der Waals surface area contributed by atoms with Crippen molar-refractivity contribution in [2.75, 3.05) is 25.0 Å². The Morgan fingerprint density at radius 1 is 1.52 bits per heavy atom. The monoisotopic (exact) mass is 315 g/mol. The highest BCUT2D eigenvalue weighted by Gasteiger charge is 2.33. The highest BCUT2D eigenvalue weighted by Crippen LogP contribution is 2.27. The number of benzene rings is 1. The van der Waals surface area contributed by atoms with Gasteiger partial charge in [-0.05, 0) is 30.0 Å². The van der Waals surface area contributed by atoms with E-state index in [-0.39, 0.29) is 35.6 Å². The molecule has 0 saturated carbocycles. The van der Waals surface area contributed by atoms with Crippen LogP contribution in [0.1, 0.15) is 20.3 Å². The molecule has 1 unspecified atom stereocenters. The molecule has 1 saturated heterocycles. The first kappa shape index (κ1) is 17.9. The Balaban J connectivity index is 0.00000220. The molecule has 0 radical (unpaired) electrons. The first-order valence-corrected chi connectivity index (χ1v) is 6.90. The molecular weight excluding hydrogens is 293 g/mol. The van der Waals surface area contributed by atoms with Crippen molar-refractivity contribution in [1.82, 2.24) is 4.90 Å². The maximum atomic E-state index is 13.0. The Morgan fingerprint density at radius 3 is 2.86 bits per heavy atom. The molecule has 3 N–H and O–H groups in total. The second-order valence-electron chi connectivity index (χ2n) is 6.15. The molecule has 0 bridgehead atoms. The van der Waals surface area contributed by atoms with E-state index in [4.69, 9.17) is 5.73 Å². The van der Waals surface area contributed by atoms with Gasteiger partial charge in [0.15, 0.2) is 0 Å². The van der Waals surface area contributed by atoms with E-state index in [0.717, 1.165) is 19.5 Å². The van der Waals surface area contributed by atoms with Gasteiger partial charge in [-0.2, -0.15) is 0 Å². The van der Waals surface area contributed by atoms with E-state index in [1.54, 1.807) is 12.1 Å². The third kappa shape index (κ3) is 4.95. The van der Waals surface area contributed by atoms with Crippen LogP contribution in [0, 0.1) is 11.2 Å². The largest absolute Gasteiger partial charge is 0.327 e. The van der Waals surface area contributed by atoms with E-state index >= 15 is 0 Å². The van der Waals surface area contributed by atoms with Gasteiger partial charge < -0.3 is 11.1 Å². The summed E-state index contributed by atoms with van der Waals surface area (Å²) in [6.07, 6.45) is 0.889. The molecule has 1 aromatic rings. The Morgan fingerprint density at radius 2 is 2.24 bits per heavy atom. The van der Waals surface area contributed by atoms with Crippen LogP contribution in [0.2, 0.25) is 0 Å². The van der Waals surface area contributed by atoms with Crippen LogP contribution >= 0.6 is 12.4 Å². The summed E-state index contributed by atoms with van der Waals surface area (Å²) in [7, 11) is 0. The number of piperidine rings is 1. The lowest BCUT2D eigenvalue weighted by Crippen LogP contribution is -2.53. The molecule has 1 atom stereocenters. The smallest absolute Gasteiger partial charge is 0.238 e. The number of carbonyl (C=O) groups is 1. The molecular formula is C15H23ClFN3O. The predicted octanol–water partition coefficient (Wildman–Crippen LogP) is 2.25. The van der Waals surface area contributed by atoms with Crippen LogP contribution in [-0.4, -0.2) is 36.5 Å². The molecule has 1 amide bonds. The van der Waals surface area contributed by atoms with Crippen LogP contribution in [-0.2, 0) is 4.79 Å². The summed E-state index contributed by atoms with van der Waals surface area (Å²) in [6, 6.07) is 6.09. The lowest BCUT2D eigenvalue weighted by Gasteiger charge is -2.42. The fourth-order valence-corrected chi connectivity index (χ4v) is 2.59. The summed E-state index contributed by atoms with van der Waals surface area (Å²) in [5.41, 5.74) is 6.58. The lowest BCUT2D eigenvalue weighted by atomic mass is 9.80. The van der Waals surface area contributed by atoms with Crippen LogP contribution in [0.4, 0.5) is 10.1 Å². The molecule has 4 nitrogen and oxygen atoms in total. The zero-order valence-electron chi connectivity index (χ0n) is 12.4. The highest BCUT2D eigenvalue weighted by atomic mass is 35.5. The number of nitrogens with two attached hydrogens (primary N) is 1. The van der Waals surface area contributed by atoms with Gasteiger partial charge in [0.05, 0.1) is 6.54 Å². The standard InChI is InChI=1S/C15H22FN3O.ClH/c1-15(2)10-19(7-6-13(15)17)9-14(20)18-12-5-3-4-11(16)8-12;/h3-5,8,13H,6-7,9-10,17H2,1-2H3,(H,18,20);1H. The molecule has 118 valence electrons. The molecule has 21 heavy (non-hydrogen) atoms. The second-order valence-corrected chi connectivity index (χ2v) is 6.15. The molecule has 1 fully saturated rings. The third-order valence-corrected chi connectivity index (χ3v) is 3.87. The lowest BCUT2D eigenvalue weighted by molar-refractivity contribution is -0.118. The number of carbonyl (C=O) groups excluding carboxylic acids is 1. The summed E-state index contributed by atoms with van der Waals surface area (Å²) < 4.78 is 13.0. The number of rotatable bonds is 3. The minimum absolute atomic E-state index is 0. The van der Waals surface area contributed by atoms with Crippen molar-refractivity contribution in [3.63, 3.8) is 0 Å². The maximum Gasteiger partial charge on any atom is 0.238 e. The van der Waals surface area contributed by atoms with Gasteiger partial charge in [0.1, 0.15) is 5.82 Å². The summed E-state index contributed by atoms with van der Waals surface area (Å²) >= 11 is 0. The number of nitrogens with one attached hydrogen (secondary N) is 1. The van der Waals surface area contributed by atoms with Gasteiger partial charge in [-0.15, -0.1) is 12.4 Å². The first-order chi connectivity index (χ1) is 9.37. The number of hydrogen-bond donors (Lipinski definition) is 2. The fraction of sp³-hybridized carbons (Fsp3) is 0.533. The highest BCUT2D eigenvalue weighted by molar-refractivity contribution is 5.92. The molecule has 1 heterocycles. The van der Waals surface area contributed by atoms with E-state index in [1.807, 2.05) is 0 Å². The number of hydrogen-bond acceptors (Lipinski definition) is 3. The Kier molecular flexibility index (Phi) is 6.13. The molecule has 0 aliphatic carbocycles. The quantitative estimate of drug-likeness (QED) is 0.899. The van der Waals surface area contributed by atoms with Gasteiger partial charge in [0.25, 0.3) is 0 Å². The van der Waals surface area contributed by atoms with Crippen molar-refractivity contribution in [1.29, 1.82) is 0 Å². The van der Waals surface area contributed by atoms with Gasteiger partial charge in [-0.25, -0.2) is 4.39 Å². The number of halogens is 2. The van der Waals surface area contributed by atoms with Crippen LogP contribution in [0.25, 0.3) is 0 Å². The van der Waals surface area contributed by atoms with Crippen molar-refractivity contribution in [3.05, 3.63) is 30.1 Å². The predicted molar refractivity (Wildman–Crippen MR) is 85.1 cm³/mol. The molecule has 1 aliphatic rings. The Labute approximate surface area is 131 Å². The summed E-state index contributed by atoms with van der Waals surface area (Å²) in [6.45, 7) is 6.17. The Bertz CT molecular complexity index is 496. The topological polar surface area (TPSA) is 58.4 Å². The Hall–Kier alpha value is -1.17. The maximum absolute atomic E-state index is 13.0. The van der Waals surface area contributed by atoms with Crippen LogP contribution in [0.3, 0.4) is 0 Å². The number of nitrogens with zero attached hydrogens (tertiary/aromatic N) is 1. The van der Waals surface area contributed by atoms with Crippen molar-refractivity contribution in [3.8, 4) is 0 Å². The van der Waals surface area contributed by atoms with E-state index < -0.39 is 0 Å². The molecule has 0 spiro atoms. The number of anilines is 1. The minimum Gasteiger partial charge on any atom is -0.327 e. The molecule has 6 heteroatoms. The van der Waals surface area contributed by atoms with E-state index in [1.165, 1.54) is 12.1 Å². The number of amides is 1. The average Bonchev–Trinajstić information content (AvgIpc) is 2.33. The van der Waals surface area contributed by atoms with E-state index in [9.17, 15) is 9.18 Å². The van der Waals surface area contributed by atoms with Gasteiger partial charge >= 0.3 is 0 Å². The van der Waals surface area contributed by atoms with E-state index in [2.05, 4.69) is 24.1 Å². The normalized spacial score (nSPS) is 21.4. The molecule has 1 aliphatic heterocycles. The van der Waals surface area contributed by atoms with Crippen molar-refractivity contribution >= 4 is 24.0 Å². The first-order valence-electron chi connectivity index (χ1n) is 6.90. The summed E-state index contributed by atoms with van der Waals surface area (Å²) in [5, 5.41) is 2.72. The minimum atomic E-state index is -0.354. The number of likely N-dealkylation sites (tertiary alicyclic amines) is 1. The molecule has 1 aromatic carbocycles. The van der Waals surface area contributed by atoms with Crippen molar-refractivity contribution < 1.29 is 9.18 Å². The van der Waals surface area contributed by atoms with E-state index in [0.29, 0.717) is 12.2 Å². The fourth-order valence-electron chi connectivity index (χ4n) is 2.59. The van der Waals surface area contributed by atoms with Crippen molar-refractivity contribution in [2.45, 2.75) is 26.3 Å². The van der Waals surface area contributed by atoms with Crippen LogP contribution in [0.15, 0.2) is 24.3 Å². The van der Waals surface area contributed by atoms with Crippen molar-refractivity contribution in [2.24, 2.45) is 11.1 Å². The van der Waals surface area contributed by atoms with Gasteiger partial charge in [-0.1, -0.05) is 19.9 Å². The van der Waals surface area contributed by atoms with Crippen LogP contribution in [0.5, 0.6) is 0 Å². The molecule has 2 rings (SSSR count). The zero-order valence-corrected chi connectivity index (χ0v) is 13.3. The SMILES string of the molecule is CC1(C)CN(CC(=O)Nc2cccc(F)c2)CCC1N.Cl. The molecule has 0 aromatic heterocycles. The van der Waals surface area contributed by atoms with Crippen LogP contribution < -0.4 is 11.1 Å². The summed E-state index contributed by atoms with van der Waals surface area (Å²) in [5.74, 6) is -0.477. The summed E-state index contributed by atoms with van der Waals surface area (Å²) in [4.78, 5) is 14.1. The van der Waals surface area contributed by atoms with Gasteiger partial charge in [0.2, 0.25) is 5.91 Å². The third-order valence-electron chi connectivity index (χ3n) is 3.87. The second kappa shape index (κ2) is 7.20. The average molecular weight is 316 g/mol.